The standard InChI is InChI=1S/C13H30N2OS/c1-6-15(7-2)8-9-17-11-12(16)10-14-13(3,4)5/h12,14,16H,6-11H2,1-5H3. The summed E-state index contributed by atoms with van der Waals surface area (Å²) < 4.78 is 0. The fraction of sp³-hybridized carbons (Fsp3) is 1.00. The zero-order valence-corrected chi connectivity index (χ0v) is 12.9. The lowest BCUT2D eigenvalue weighted by Crippen LogP contribution is -2.41. The van der Waals surface area contributed by atoms with Crippen LogP contribution in [-0.4, -0.2) is 59.3 Å². The highest BCUT2D eigenvalue weighted by molar-refractivity contribution is 7.99. The van der Waals surface area contributed by atoms with Crippen molar-refractivity contribution in [1.29, 1.82) is 0 Å². The van der Waals surface area contributed by atoms with Crippen molar-refractivity contribution in [2.75, 3.05) is 37.7 Å². The van der Waals surface area contributed by atoms with Crippen LogP contribution in [0.5, 0.6) is 0 Å². The summed E-state index contributed by atoms with van der Waals surface area (Å²) in [6, 6.07) is 0. The van der Waals surface area contributed by atoms with E-state index in [4.69, 9.17) is 0 Å². The van der Waals surface area contributed by atoms with Crippen LogP contribution in [0, 0.1) is 0 Å². The van der Waals surface area contributed by atoms with Crippen molar-refractivity contribution in [2.24, 2.45) is 0 Å². The average molecular weight is 262 g/mol. The van der Waals surface area contributed by atoms with Crippen molar-refractivity contribution < 1.29 is 5.11 Å². The molecule has 17 heavy (non-hydrogen) atoms. The molecule has 0 saturated heterocycles. The van der Waals surface area contributed by atoms with E-state index in [0.717, 1.165) is 31.1 Å². The van der Waals surface area contributed by atoms with Gasteiger partial charge >= 0.3 is 0 Å². The Morgan fingerprint density at radius 1 is 1.24 bits per heavy atom. The fourth-order valence-electron chi connectivity index (χ4n) is 1.44. The first kappa shape index (κ1) is 17.2. The largest absolute Gasteiger partial charge is 0.391 e. The maximum absolute atomic E-state index is 9.80. The summed E-state index contributed by atoms with van der Waals surface area (Å²) in [4.78, 5) is 2.41. The van der Waals surface area contributed by atoms with Crippen LogP contribution in [0.1, 0.15) is 34.6 Å². The van der Waals surface area contributed by atoms with Gasteiger partial charge in [-0.05, 0) is 33.9 Å². The van der Waals surface area contributed by atoms with Crippen LogP contribution >= 0.6 is 11.8 Å². The van der Waals surface area contributed by atoms with Gasteiger partial charge in [0.05, 0.1) is 6.10 Å². The minimum atomic E-state index is -0.240. The lowest BCUT2D eigenvalue weighted by atomic mass is 10.1. The summed E-state index contributed by atoms with van der Waals surface area (Å²) >= 11 is 1.84. The maximum Gasteiger partial charge on any atom is 0.0755 e. The molecule has 1 atom stereocenters. The first-order chi connectivity index (χ1) is 7.89. The van der Waals surface area contributed by atoms with Gasteiger partial charge in [-0.15, -0.1) is 0 Å². The Labute approximate surface area is 111 Å². The minimum Gasteiger partial charge on any atom is -0.391 e. The molecule has 0 saturated carbocycles. The van der Waals surface area contributed by atoms with E-state index >= 15 is 0 Å². The summed E-state index contributed by atoms with van der Waals surface area (Å²) in [6.45, 7) is 14.8. The molecule has 0 rings (SSSR count). The van der Waals surface area contributed by atoms with Crippen LogP contribution in [0.15, 0.2) is 0 Å². The number of hydrogen-bond donors (Lipinski definition) is 2. The molecule has 2 N–H and O–H groups in total. The smallest absolute Gasteiger partial charge is 0.0755 e. The number of nitrogens with one attached hydrogen (secondary N) is 1. The SMILES string of the molecule is CCN(CC)CCSCC(O)CNC(C)(C)C. The van der Waals surface area contributed by atoms with Gasteiger partial charge < -0.3 is 15.3 Å². The number of aliphatic hydroxyl groups is 1. The normalized spacial score (nSPS) is 14.3. The van der Waals surface area contributed by atoms with Gasteiger partial charge in [0, 0.05) is 30.1 Å². The number of aliphatic hydroxyl groups excluding tert-OH is 1. The molecule has 0 fully saturated rings. The Morgan fingerprint density at radius 3 is 2.29 bits per heavy atom. The fourth-order valence-corrected chi connectivity index (χ4v) is 2.38. The number of thioether (sulfide) groups is 1. The maximum atomic E-state index is 9.80. The molecule has 104 valence electrons. The van der Waals surface area contributed by atoms with Crippen LogP contribution in [0.4, 0.5) is 0 Å². The van der Waals surface area contributed by atoms with E-state index in [0.29, 0.717) is 6.54 Å². The highest BCUT2D eigenvalue weighted by atomic mass is 32.2. The van der Waals surface area contributed by atoms with E-state index in [-0.39, 0.29) is 11.6 Å². The lowest BCUT2D eigenvalue weighted by molar-refractivity contribution is 0.183. The Kier molecular flexibility index (Phi) is 9.32. The summed E-state index contributed by atoms with van der Waals surface area (Å²) in [5.74, 6) is 1.93. The molecule has 4 heteroatoms. The molecule has 0 radical (unpaired) electrons. The minimum absolute atomic E-state index is 0.0901. The van der Waals surface area contributed by atoms with Gasteiger partial charge in [-0.2, -0.15) is 11.8 Å². The Hall–Kier alpha value is 0.230. The average Bonchev–Trinajstić information content (AvgIpc) is 2.26. The molecule has 0 amide bonds. The molecule has 3 nitrogen and oxygen atoms in total. The lowest BCUT2D eigenvalue weighted by Gasteiger charge is -2.23. The van der Waals surface area contributed by atoms with Gasteiger partial charge in [0.25, 0.3) is 0 Å². The first-order valence-corrected chi connectivity index (χ1v) is 7.77. The molecule has 0 bridgehead atoms. The first-order valence-electron chi connectivity index (χ1n) is 6.62. The molecule has 0 aliphatic carbocycles. The molecular weight excluding hydrogens is 232 g/mol. The van der Waals surface area contributed by atoms with Crippen LogP contribution in [0.25, 0.3) is 0 Å². The van der Waals surface area contributed by atoms with E-state index < -0.39 is 0 Å². The molecular formula is C13H30N2OS. The molecule has 1 unspecified atom stereocenters. The van der Waals surface area contributed by atoms with Crippen LogP contribution < -0.4 is 5.32 Å². The van der Waals surface area contributed by atoms with Crippen molar-refractivity contribution in [3.63, 3.8) is 0 Å². The molecule has 0 aromatic carbocycles. The quantitative estimate of drug-likeness (QED) is 0.621. The topological polar surface area (TPSA) is 35.5 Å². The van der Waals surface area contributed by atoms with Gasteiger partial charge in [0.1, 0.15) is 0 Å². The van der Waals surface area contributed by atoms with E-state index in [1.165, 1.54) is 0 Å². The van der Waals surface area contributed by atoms with Crippen molar-refractivity contribution in [3.05, 3.63) is 0 Å². The zero-order chi connectivity index (χ0) is 13.3. The van der Waals surface area contributed by atoms with Crippen molar-refractivity contribution in [2.45, 2.75) is 46.3 Å². The Balaban J connectivity index is 3.48. The van der Waals surface area contributed by atoms with E-state index in [1.54, 1.807) is 0 Å². The summed E-state index contributed by atoms with van der Waals surface area (Å²) in [6.07, 6.45) is -0.240. The van der Waals surface area contributed by atoms with E-state index in [1.807, 2.05) is 11.8 Å². The van der Waals surface area contributed by atoms with E-state index in [2.05, 4.69) is 44.8 Å². The third-order valence-corrected chi connectivity index (χ3v) is 3.72. The summed E-state index contributed by atoms with van der Waals surface area (Å²) in [7, 11) is 0. The van der Waals surface area contributed by atoms with Gasteiger partial charge in [-0.3, -0.25) is 0 Å². The predicted molar refractivity (Wildman–Crippen MR) is 78.9 cm³/mol. The van der Waals surface area contributed by atoms with E-state index in [9.17, 15) is 5.11 Å². The third-order valence-electron chi connectivity index (χ3n) is 2.62. The highest BCUT2D eigenvalue weighted by Crippen LogP contribution is 2.05. The molecule has 0 heterocycles. The predicted octanol–water partition coefficient (Wildman–Crippen LogP) is 1.81. The van der Waals surface area contributed by atoms with Gasteiger partial charge in [-0.1, -0.05) is 13.8 Å². The van der Waals surface area contributed by atoms with Crippen molar-refractivity contribution >= 4 is 11.8 Å². The Morgan fingerprint density at radius 2 is 1.82 bits per heavy atom. The summed E-state index contributed by atoms with van der Waals surface area (Å²) in [5, 5.41) is 13.1. The van der Waals surface area contributed by atoms with Gasteiger partial charge in [-0.25, -0.2) is 0 Å². The van der Waals surface area contributed by atoms with Crippen LogP contribution in [0.3, 0.4) is 0 Å². The second-order valence-corrected chi connectivity index (χ2v) is 6.54. The summed E-state index contributed by atoms with van der Waals surface area (Å²) in [5.41, 5.74) is 0.0901. The number of β-amino-alcohol motifs (C(OH)–C–C–N with tert-alkyl or cyclic N) is 1. The molecule has 0 aliphatic rings. The second-order valence-electron chi connectivity index (χ2n) is 5.39. The molecule has 0 spiro atoms. The monoisotopic (exact) mass is 262 g/mol. The van der Waals surface area contributed by atoms with Crippen molar-refractivity contribution in [3.8, 4) is 0 Å². The number of nitrogens with zero attached hydrogens (tertiary/aromatic N) is 1. The second kappa shape index (κ2) is 9.20. The highest BCUT2D eigenvalue weighted by Gasteiger charge is 2.12. The number of hydrogen-bond acceptors (Lipinski definition) is 4. The van der Waals surface area contributed by atoms with Crippen molar-refractivity contribution in [1.82, 2.24) is 10.2 Å². The van der Waals surface area contributed by atoms with Crippen LogP contribution in [0.2, 0.25) is 0 Å². The molecule has 0 aromatic heterocycles. The molecule has 0 aromatic rings. The van der Waals surface area contributed by atoms with Gasteiger partial charge in [0.2, 0.25) is 0 Å². The molecule has 0 aliphatic heterocycles. The van der Waals surface area contributed by atoms with Crippen LogP contribution in [-0.2, 0) is 0 Å². The van der Waals surface area contributed by atoms with Gasteiger partial charge in [0.15, 0.2) is 0 Å². The zero-order valence-electron chi connectivity index (χ0n) is 12.1. The third kappa shape index (κ3) is 11.1. The number of rotatable bonds is 9. The Bertz CT molecular complexity index is 179.